The zero-order valence-electron chi connectivity index (χ0n) is 11.6. The van der Waals surface area contributed by atoms with Crippen LogP contribution in [0.4, 0.5) is 0 Å². The van der Waals surface area contributed by atoms with Crippen molar-refractivity contribution in [3.05, 3.63) is 32.7 Å². The van der Waals surface area contributed by atoms with E-state index in [1.807, 2.05) is 0 Å². The number of rotatable bonds is 5. The molecule has 0 aromatic heterocycles. The molecule has 0 radical (unpaired) electrons. The lowest BCUT2D eigenvalue weighted by atomic mass is 10.1. The molecular formula is C14H22Br2N2. The lowest BCUT2D eigenvalue weighted by molar-refractivity contribution is 0.303. The Kier molecular flexibility index (Phi) is 6.31. The van der Waals surface area contributed by atoms with Crippen molar-refractivity contribution in [2.24, 2.45) is 0 Å². The van der Waals surface area contributed by atoms with Crippen LogP contribution in [0.1, 0.15) is 26.3 Å². The minimum atomic E-state index is 0.194. The summed E-state index contributed by atoms with van der Waals surface area (Å²) in [5.41, 5.74) is 1.51. The molecule has 0 spiro atoms. The highest BCUT2D eigenvalue weighted by molar-refractivity contribution is 9.11. The highest BCUT2D eigenvalue weighted by atomic mass is 79.9. The van der Waals surface area contributed by atoms with E-state index in [0.717, 1.165) is 28.6 Å². The minimum Gasteiger partial charge on any atom is -0.311 e. The van der Waals surface area contributed by atoms with Crippen molar-refractivity contribution in [2.45, 2.75) is 32.9 Å². The van der Waals surface area contributed by atoms with Gasteiger partial charge >= 0.3 is 0 Å². The molecule has 4 heteroatoms. The van der Waals surface area contributed by atoms with Crippen molar-refractivity contribution >= 4 is 31.9 Å². The van der Waals surface area contributed by atoms with E-state index in [1.54, 1.807) is 0 Å². The molecule has 1 aromatic carbocycles. The Morgan fingerprint density at radius 1 is 1.11 bits per heavy atom. The van der Waals surface area contributed by atoms with Crippen molar-refractivity contribution in [1.82, 2.24) is 10.2 Å². The van der Waals surface area contributed by atoms with Crippen molar-refractivity contribution in [1.29, 1.82) is 0 Å². The third-order valence-electron chi connectivity index (χ3n) is 2.52. The summed E-state index contributed by atoms with van der Waals surface area (Å²) in [6.07, 6.45) is 0. The molecule has 0 unspecified atom stereocenters. The number of halogens is 2. The molecule has 2 nitrogen and oxygen atoms in total. The highest BCUT2D eigenvalue weighted by Gasteiger charge is 2.08. The third kappa shape index (κ3) is 6.88. The Balaban J connectivity index is 2.42. The van der Waals surface area contributed by atoms with Crippen LogP contribution in [0.3, 0.4) is 0 Å². The Labute approximate surface area is 127 Å². The van der Waals surface area contributed by atoms with Crippen molar-refractivity contribution in [3.63, 3.8) is 0 Å². The summed E-state index contributed by atoms with van der Waals surface area (Å²) in [5.74, 6) is 0. The van der Waals surface area contributed by atoms with Gasteiger partial charge in [-0.1, -0.05) is 31.9 Å². The third-order valence-corrected chi connectivity index (χ3v) is 3.44. The summed E-state index contributed by atoms with van der Waals surface area (Å²) >= 11 is 7.04. The molecule has 18 heavy (non-hydrogen) atoms. The first-order valence-corrected chi connectivity index (χ1v) is 7.73. The normalized spacial score (nSPS) is 12.2. The first-order chi connectivity index (χ1) is 8.26. The van der Waals surface area contributed by atoms with Gasteiger partial charge < -0.3 is 10.2 Å². The van der Waals surface area contributed by atoms with Gasteiger partial charge in [-0.25, -0.2) is 0 Å². The fraction of sp³-hybridized carbons (Fsp3) is 0.571. The lowest BCUT2D eigenvalue weighted by Crippen LogP contribution is -2.40. The van der Waals surface area contributed by atoms with Gasteiger partial charge in [-0.2, -0.15) is 0 Å². The number of nitrogens with zero attached hydrogens (tertiary/aromatic N) is 1. The minimum absolute atomic E-state index is 0.194. The number of nitrogens with one attached hydrogen (secondary N) is 1. The standard InChI is InChI=1S/C14H22Br2N2/c1-14(2,3)17-5-6-18(4)10-11-7-12(15)9-13(16)8-11/h7-9,17H,5-6,10H2,1-4H3. The van der Waals surface area contributed by atoms with Crippen LogP contribution in [0.5, 0.6) is 0 Å². The second-order valence-electron chi connectivity index (χ2n) is 5.69. The Morgan fingerprint density at radius 3 is 2.17 bits per heavy atom. The van der Waals surface area contributed by atoms with Crippen LogP contribution in [0.2, 0.25) is 0 Å². The Bertz CT molecular complexity index is 366. The van der Waals surface area contributed by atoms with Crippen LogP contribution >= 0.6 is 31.9 Å². The molecule has 0 fully saturated rings. The van der Waals surface area contributed by atoms with Crippen LogP contribution < -0.4 is 5.32 Å². The molecule has 0 atom stereocenters. The molecule has 1 aromatic rings. The summed E-state index contributed by atoms with van der Waals surface area (Å²) in [4.78, 5) is 2.33. The molecule has 1 N–H and O–H groups in total. The molecule has 0 heterocycles. The van der Waals surface area contributed by atoms with Gasteiger partial charge in [-0.05, 0) is 51.6 Å². The van der Waals surface area contributed by atoms with Gasteiger partial charge in [-0.3, -0.25) is 0 Å². The molecule has 0 amide bonds. The predicted molar refractivity (Wildman–Crippen MR) is 85.9 cm³/mol. The average Bonchev–Trinajstić information content (AvgIpc) is 2.12. The quantitative estimate of drug-likeness (QED) is 0.833. The number of likely N-dealkylation sites (N-methyl/N-ethyl adjacent to an activating group) is 1. The second kappa shape index (κ2) is 7.04. The maximum absolute atomic E-state index is 3.52. The van der Waals surface area contributed by atoms with E-state index in [1.165, 1.54) is 5.56 Å². The highest BCUT2D eigenvalue weighted by Crippen LogP contribution is 2.20. The molecular weight excluding hydrogens is 356 g/mol. The molecule has 1 rings (SSSR count). The summed E-state index contributed by atoms with van der Waals surface area (Å²) in [5, 5.41) is 3.50. The summed E-state index contributed by atoms with van der Waals surface area (Å²) in [6.45, 7) is 9.59. The van der Waals surface area contributed by atoms with E-state index in [-0.39, 0.29) is 5.54 Å². The van der Waals surface area contributed by atoms with Gasteiger partial charge in [-0.15, -0.1) is 0 Å². The van der Waals surface area contributed by atoms with Gasteiger partial charge in [0, 0.05) is 34.1 Å². The van der Waals surface area contributed by atoms with Gasteiger partial charge in [0.15, 0.2) is 0 Å². The number of benzene rings is 1. The first kappa shape index (κ1) is 16.2. The van der Waals surface area contributed by atoms with Crippen LogP contribution in [0.25, 0.3) is 0 Å². The fourth-order valence-electron chi connectivity index (χ4n) is 1.71. The van der Waals surface area contributed by atoms with Crippen LogP contribution in [-0.2, 0) is 6.54 Å². The van der Waals surface area contributed by atoms with Crippen LogP contribution in [0.15, 0.2) is 27.1 Å². The molecule has 102 valence electrons. The monoisotopic (exact) mass is 376 g/mol. The molecule has 0 bridgehead atoms. The van der Waals surface area contributed by atoms with E-state index in [9.17, 15) is 0 Å². The maximum atomic E-state index is 3.52. The number of hydrogen-bond acceptors (Lipinski definition) is 2. The maximum Gasteiger partial charge on any atom is 0.0232 e. The summed E-state index contributed by atoms with van der Waals surface area (Å²) in [7, 11) is 2.15. The Morgan fingerprint density at radius 2 is 1.67 bits per heavy atom. The predicted octanol–water partition coefficient (Wildman–Crippen LogP) is 4.03. The fourth-order valence-corrected chi connectivity index (χ4v) is 3.10. The van der Waals surface area contributed by atoms with Crippen molar-refractivity contribution in [2.75, 3.05) is 20.1 Å². The second-order valence-corrected chi connectivity index (χ2v) is 7.52. The largest absolute Gasteiger partial charge is 0.311 e. The van der Waals surface area contributed by atoms with Crippen molar-refractivity contribution in [3.8, 4) is 0 Å². The van der Waals surface area contributed by atoms with Gasteiger partial charge in [0.1, 0.15) is 0 Å². The topological polar surface area (TPSA) is 15.3 Å². The molecule has 0 saturated carbocycles. The molecule has 0 aliphatic heterocycles. The molecule has 0 aliphatic rings. The summed E-state index contributed by atoms with van der Waals surface area (Å²) in [6, 6.07) is 6.39. The van der Waals surface area contributed by atoms with Crippen LogP contribution in [-0.4, -0.2) is 30.6 Å². The average molecular weight is 378 g/mol. The van der Waals surface area contributed by atoms with Gasteiger partial charge in [0.2, 0.25) is 0 Å². The van der Waals surface area contributed by atoms with Crippen LogP contribution in [0, 0.1) is 0 Å². The zero-order chi connectivity index (χ0) is 13.8. The molecule has 0 aliphatic carbocycles. The summed E-state index contributed by atoms with van der Waals surface area (Å²) < 4.78 is 2.24. The smallest absolute Gasteiger partial charge is 0.0232 e. The lowest BCUT2D eigenvalue weighted by Gasteiger charge is -2.23. The number of hydrogen-bond donors (Lipinski definition) is 1. The van der Waals surface area contributed by atoms with E-state index in [0.29, 0.717) is 0 Å². The Hall–Kier alpha value is 0.1000. The SMILES string of the molecule is CN(CCNC(C)(C)C)Cc1cc(Br)cc(Br)c1. The van der Waals surface area contributed by atoms with Gasteiger partial charge in [0.25, 0.3) is 0 Å². The first-order valence-electron chi connectivity index (χ1n) is 6.15. The van der Waals surface area contributed by atoms with E-state index in [2.05, 4.69) is 88.1 Å². The van der Waals surface area contributed by atoms with E-state index in [4.69, 9.17) is 0 Å². The van der Waals surface area contributed by atoms with Gasteiger partial charge in [0.05, 0.1) is 0 Å². The molecule has 0 saturated heterocycles. The van der Waals surface area contributed by atoms with Crippen molar-refractivity contribution < 1.29 is 0 Å². The zero-order valence-corrected chi connectivity index (χ0v) is 14.7. The van der Waals surface area contributed by atoms with E-state index < -0.39 is 0 Å². The van der Waals surface area contributed by atoms with E-state index >= 15 is 0 Å².